The predicted molar refractivity (Wildman–Crippen MR) is 74.2 cm³/mol. The smallest absolute Gasteiger partial charge is 0.271 e. The van der Waals surface area contributed by atoms with Gasteiger partial charge in [0.15, 0.2) is 0 Å². The fourth-order valence-corrected chi connectivity index (χ4v) is 3.66. The largest absolute Gasteiger partial charge is 0.389 e. The number of aromatic nitrogens is 2. The van der Waals surface area contributed by atoms with Gasteiger partial charge in [-0.3, -0.25) is 9.40 Å². The Labute approximate surface area is 113 Å². The standard InChI is InChI=1S/C9H10N4O2S3/c1-13-5-6(4-11-13)12-18(14,15)8-3-2-7(17-8)9(10)16/h2-5,12H,1H3,(H2,10,16). The topological polar surface area (TPSA) is 90.0 Å². The number of thiophene rings is 1. The Kier molecular flexibility index (Phi) is 3.37. The third kappa shape index (κ3) is 2.68. The zero-order valence-corrected chi connectivity index (χ0v) is 11.8. The molecule has 0 aliphatic rings. The molecule has 18 heavy (non-hydrogen) atoms. The lowest BCUT2D eigenvalue weighted by atomic mass is 10.5. The summed E-state index contributed by atoms with van der Waals surface area (Å²) in [6.07, 6.45) is 3.00. The summed E-state index contributed by atoms with van der Waals surface area (Å²) in [6, 6.07) is 3.06. The van der Waals surface area contributed by atoms with Gasteiger partial charge in [-0.2, -0.15) is 5.10 Å². The third-order valence-corrected chi connectivity index (χ3v) is 5.39. The van der Waals surface area contributed by atoms with Gasteiger partial charge in [-0.05, 0) is 12.1 Å². The highest BCUT2D eigenvalue weighted by Crippen LogP contribution is 2.23. The van der Waals surface area contributed by atoms with Crippen LogP contribution in [0.2, 0.25) is 0 Å². The van der Waals surface area contributed by atoms with E-state index in [1.165, 1.54) is 16.9 Å². The van der Waals surface area contributed by atoms with Crippen molar-refractivity contribution in [3.8, 4) is 0 Å². The molecule has 3 N–H and O–H groups in total. The van der Waals surface area contributed by atoms with Crippen LogP contribution in [0.3, 0.4) is 0 Å². The van der Waals surface area contributed by atoms with Gasteiger partial charge in [-0.1, -0.05) is 12.2 Å². The van der Waals surface area contributed by atoms with E-state index in [-0.39, 0.29) is 9.20 Å². The SMILES string of the molecule is Cn1cc(NS(=O)(=O)c2ccc(C(N)=S)s2)cn1. The second kappa shape index (κ2) is 4.67. The minimum atomic E-state index is -3.61. The lowest BCUT2D eigenvalue weighted by Crippen LogP contribution is -2.11. The minimum absolute atomic E-state index is 0.161. The van der Waals surface area contributed by atoms with Crippen molar-refractivity contribution in [1.29, 1.82) is 0 Å². The van der Waals surface area contributed by atoms with Crippen LogP contribution in [-0.4, -0.2) is 23.2 Å². The first-order chi connectivity index (χ1) is 8.38. The average molecular weight is 302 g/mol. The van der Waals surface area contributed by atoms with Crippen molar-refractivity contribution in [2.75, 3.05) is 4.72 Å². The van der Waals surface area contributed by atoms with Crippen molar-refractivity contribution in [2.45, 2.75) is 4.21 Å². The average Bonchev–Trinajstić information content (AvgIpc) is 2.86. The number of nitrogens with zero attached hydrogens (tertiary/aromatic N) is 2. The van der Waals surface area contributed by atoms with Gasteiger partial charge < -0.3 is 5.73 Å². The fraction of sp³-hybridized carbons (Fsp3) is 0.111. The van der Waals surface area contributed by atoms with Crippen molar-refractivity contribution < 1.29 is 8.42 Å². The summed E-state index contributed by atoms with van der Waals surface area (Å²) >= 11 is 5.82. The van der Waals surface area contributed by atoms with E-state index in [2.05, 4.69) is 9.82 Å². The van der Waals surface area contributed by atoms with E-state index in [1.54, 1.807) is 19.3 Å². The maximum Gasteiger partial charge on any atom is 0.271 e. The maximum absolute atomic E-state index is 12.0. The first-order valence-corrected chi connectivity index (χ1v) is 7.50. The highest BCUT2D eigenvalue weighted by atomic mass is 32.2. The normalized spacial score (nSPS) is 11.4. The number of nitrogens with one attached hydrogen (secondary N) is 1. The summed E-state index contributed by atoms with van der Waals surface area (Å²) in [5.74, 6) is 0. The van der Waals surface area contributed by atoms with Crippen LogP contribution in [0.5, 0.6) is 0 Å². The molecule has 0 unspecified atom stereocenters. The van der Waals surface area contributed by atoms with Gasteiger partial charge in [-0.25, -0.2) is 8.42 Å². The van der Waals surface area contributed by atoms with E-state index in [0.717, 1.165) is 11.3 Å². The second-order valence-electron chi connectivity index (χ2n) is 3.49. The quantitative estimate of drug-likeness (QED) is 0.820. The molecule has 0 saturated carbocycles. The molecule has 96 valence electrons. The number of nitrogens with two attached hydrogens (primary N) is 1. The van der Waals surface area contributed by atoms with Crippen molar-refractivity contribution >= 4 is 44.3 Å². The fourth-order valence-electron chi connectivity index (χ4n) is 1.28. The van der Waals surface area contributed by atoms with Gasteiger partial charge in [0.05, 0.1) is 16.8 Å². The van der Waals surface area contributed by atoms with Gasteiger partial charge in [0.2, 0.25) is 0 Å². The van der Waals surface area contributed by atoms with E-state index >= 15 is 0 Å². The molecule has 0 bridgehead atoms. The summed E-state index contributed by atoms with van der Waals surface area (Å²) in [4.78, 5) is 0.749. The zero-order valence-electron chi connectivity index (χ0n) is 9.32. The van der Waals surface area contributed by atoms with E-state index in [1.807, 2.05) is 0 Å². The Morgan fingerprint density at radius 1 is 1.56 bits per heavy atom. The van der Waals surface area contributed by atoms with Crippen molar-refractivity contribution in [1.82, 2.24) is 9.78 Å². The molecule has 6 nitrogen and oxygen atoms in total. The molecule has 0 aliphatic carbocycles. The van der Waals surface area contributed by atoms with Crippen LogP contribution in [0.15, 0.2) is 28.7 Å². The van der Waals surface area contributed by atoms with E-state index in [4.69, 9.17) is 18.0 Å². The molecule has 2 aromatic heterocycles. The summed E-state index contributed by atoms with van der Waals surface area (Å²) < 4.78 is 28.1. The number of anilines is 1. The molecule has 9 heteroatoms. The molecular weight excluding hydrogens is 292 g/mol. The Morgan fingerprint density at radius 3 is 2.78 bits per heavy atom. The molecule has 2 aromatic rings. The molecule has 2 rings (SSSR count). The van der Waals surface area contributed by atoms with Gasteiger partial charge in [0.25, 0.3) is 10.0 Å². The molecular formula is C9H10N4O2S3. The van der Waals surface area contributed by atoms with E-state index < -0.39 is 10.0 Å². The predicted octanol–water partition coefficient (Wildman–Crippen LogP) is 0.917. The van der Waals surface area contributed by atoms with Crippen LogP contribution in [0, 0.1) is 0 Å². The molecule has 0 atom stereocenters. The molecule has 0 amide bonds. The van der Waals surface area contributed by atoms with Crippen LogP contribution >= 0.6 is 23.6 Å². The van der Waals surface area contributed by atoms with E-state index in [9.17, 15) is 8.42 Å². The minimum Gasteiger partial charge on any atom is -0.389 e. The molecule has 0 aromatic carbocycles. The molecule has 0 aliphatic heterocycles. The third-order valence-electron chi connectivity index (χ3n) is 2.05. The highest BCUT2D eigenvalue weighted by Gasteiger charge is 2.18. The number of aryl methyl sites for hydroxylation is 1. The number of thiocarbonyl (C=S) groups is 1. The Hall–Kier alpha value is -1.45. The number of hydrogen-bond donors (Lipinski definition) is 2. The lowest BCUT2D eigenvalue weighted by Gasteiger charge is -2.02. The summed E-state index contributed by atoms with van der Waals surface area (Å²) in [5.41, 5.74) is 5.84. The first kappa shape index (κ1) is 13.0. The van der Waals surface area contributed by atoms with Gasteiger partial charge in [0.1, 0.15) is 9.20 Å². The summed E-state index contributed by atoms with van der Waals surface area (Å²) in [6.45, 7) is 0. The number of sulfonamides is 1. The number of hydrogen-bond acceptors (Lipinski definition) is 5. The van der Waals surface area contributed by atoms with Gasteiger partial charge >= 0.3 is 0 Å². The second-order valence-corrected chi connectivity index (χ2v) is 6.92. The van der Waals surface area contributed by atoms with Crippen LogP contribution in [-0.2, 0) is 17.1 Å². The van der Waals surface area contributed by atoms with E-state index in [0.29, 0.717) is 10.6 Å². The Balaban J connectivity index is 2.27. The van der Waals surface area contributed by atoms with Gasteiger partial charge in [0, 0.05) is 13.2 Å². The van der Waals surface area contributed by atoms with Crippen LogP contribution in [0.1, 0.15) is 4.88 Å². The Bertz CT molecular complexity index is 686. The van der Waals surface area contributed by atoms with Crippen molar-refractivity contribution in [2.24, 2.45) is 12.8 Å². The first-order valence-electron chi connectivity index (χ1n) is 4.79. The monoisotopic (exact) mass is 302 g/mol. The molecule has 2 heterocycles. The van der Waals surface area contributed by atoms with Crippen LogP contribution < -0.4 is 10.5 Å². The molecule has 0 radical (unpaired) electrons. The number of rotatable bonds is 4. The summed E-state index contributed by atoms with van der Waals surface area (Å²) in [7, 11) is -1.91. The van der Waals surface area contributed by atoms with Crippen molar-refractivity contribution in [3.05, 3.63) is 29.4 Å². The van der Waals surface area contributed by atoms with Gasteiger partial charge in [-0.15, -0.1) is 11.3 Å². The lowest BCUT2D eigenvalue weighted by molar-refractivity contribution is 0.603. The summed E-state index contributed by atoms with van der Waals surface area (Å²) in [5, 5.41) is 3.88. The zero-order chi connectivity index (χ0) is 13.3. The van der Waals surface area contributed by atoms with Crippen molar-refractivity contribution in [3.63, 3.8) is 0 Å². The molecule has 0 fully saturated rings. The maximum atomic E-state index is 12.0. The van der Waals surface area contributed by atoms with Crippen LogP contribution in [0.25, 0.3) is 0 Å². The van der Waals surface area contributed by atoms with Crippen LogP contribution in [0.4, 0.5) is 5.69 Å². The molecule has 0 spiro atoms. The highest BCUT2D eigenvalue weighted by molar-refractivity contribution is 7.94. The Morgan fingerprint density at radius 2 is 2.28 bits per heavy atom. The molecule has 0 saturated heterocycles.